The van der Waals surface area contributed by atoms with Gasteiger partial charge in [-0.15, -0.1) is 12.4 Å². The van der Waals surface area contributed by atoms with Gasteiger partial charge >= 0.3 is 0 Å². The monoisotopic (exact) mass is 324 g/mol. The number of carbonyl (C=O) groups excluding carboxylic acids is 1. The average molecular weight is 326 g/mol. The molecule has 3 nitrogen and oxygen atoms in total. The lowest BCUT2D eigenvalue weighted by Gasteiger charge is -2.08. The van der Waals surface area contributed by atoms with E-state index in [4.69, 9.17) is 5.73 Å². The predicted octanol–water partition coefficient (Wildman–Crippen LogP) is 2.36. The van der Waals surface area contributed by atoms with Crippen LogP contribution in [0.4, 0.5) is 4.39 Å². The summed E-state index contributed by atoms with van der Waals surface area (Å²) in [5, 5.41) is 2.72. The van der Waals surface area contributed by atoms with Crippen LogP contribution in [0.1, 0.15) is 18.9 Å². The summed E-state index contributed by atoms with van der Waals surface area (Å²) in [5.41, 5.74) is 6.33. The lowest BCUT2D eigenvalue weighted by atomic mass is 10.2. The van der Waals surface area contributed by atoms with Crippen LogP contribution in [0.5, 0.6) is 0 Å². The number of nitrogens with one attached hydrogen (secondary N) is 1. The van der Waals surface area contributed by atoms with E-state index in [0.29, 0.717) is 17.4 Å². The Bertz CT molecular complexity index is 388. The van der Waals surface area contributed by atoms with Gasteiger partial charge in [-0.2, -0.15) is 0 Å². The maximum absolute atomic E-state index is 12.8. The summed E-state index contributed by atoms with van der Waals surface area (Å²) in [7, 11) is 0. The number of nitrogens with two attached hydrogens (primary N) is 1. The summed E-state index contributed by atoms with van der Waals surface area (Å²) in [6.07, 6.45) is 0.290. The van der Waals surface area contributed by atoms with E-state index in [1.807, 2.05) is 0 Å². The largest absolute Gasteiger partial charge is 0.352 e. The molecule has 1 aromatic carbocycles. The third kappa shape index (κ3) is 6.00. The molecule has 0 heterocycles. The van der Waals surface area contributed by atoms with Crippen molar-refractivity contribution in [3.05, 3.63) is 34.1 Å². The van der Waals surface area contributed by atoms with Crippen molar-refractivity contribution < 1.29 is 9.18 Å². The Hall–Kier alpha value is -0.650. The van der Waals surface area contributed by atoms with E-state index in [2.05, 4.69) is 21.2 Å². The van der Waals surface area contributed by atoms with Gasteiger partial charge in [0.15, 0.2) is 0 Å². The fraction of sp³-hybridized carbons (Fsp3) is 0.364. The third-order valence-electron chi connectivity index (χ3n) is 2.00. The third-order valence-corrected chi connectivity index (χ3v) is 2.74. The maximum atomic E-state index is 12.8. The molecule has 6 heteroatoms. The maximum Gasteiger partial charge on any atom is 0.221 e. The molecule has 1 aromatic rings. The summed E-state index contributed by atoms with van der Waals surface area (Å²) in [4.78, 5) is 11.3. The van der Waals surface area contributed by atoms with Crippen LogP contribution in [0, 0.1) is 5.82 Å². The Morgan fingerprint density at radius 3 is 2.76 bits per heavy atom. The second-order valence-corrected chi connectivity index (χ2v) is 4.55. The van der Waals surface area contributed by atoms with Crippen molar-refractivity contribution in [2.24, 2.45) is 5.73 Å². The smallest absolute Gasteiger partial charge is 0.221 e. The second kappa shape index (κ2) is 7.63. The highest BCUT2D eigenvalue weighted by Crippen LogP contribution is 2.17. The van der Waals surface area contributed by atoms with E-state index >= 15 is 0 Å². The normalized spacial score (nSPS) is 11.5. The highest BCUT2D eigenvalue weighted by molar-refractivity contribution is 9.10. The highest BCUT2D eigenvalue weighted by atomic mass is 79.9. The quantitative estimate of drug-likeness (QED) is 0.893. The minimum atomic E-state index is -0.308. The molecule has 0 spiro atoms. The van der Waals surface area contributed by atoms with Gasteiger partial charge in [-0.25, -0.2) is 4.39 Å². The molecule has 0 aromatic heterocycles. The van der Waals surface area contributed by atoms with Crippen LogP contribution in [0.25, 0.3) is 0 Å². The van der Waals surface area contributed by atoms with Crippen LogP contribution >= 0.6 is 28.3 Å². The Morgan fingerprint density at radius 2 is 2.24 bits per heavy atom. The summed E-state index contributed by atoms with van der Waals surface area (Å²) in [5.74, 6) is -0.413. The molecule has 17 heavy (non-hydrogen) atoms. The van der Waals surface area contributed by atoms with Gasteiger partial charge in [0.1, 0.15) is 5.82 Å². The van der Waals surface area contributed by atoms with Crippen molar-refractivity contribution in [2.45, 2.75) is 25.9 Å². The Labute approximate surface area is 114 Å². The lowest BCUT2D eigenvalue weighted by Crippen LogP contribution is -2.29. The van der Waals surface area contributed by atoms with Gasteiger partial charge in [0.05, 0.1) is 0 Å². The number of hydrogen-bond donors (Lipinski definition) is 2. The first-order valence-corrected chi connectivity index (χ1v) is 5.74. The Morgan fingerprint density at radius 1 is 1.59 bits per heavy atom. The molecule has 1 amide bonds. The number of benzene rings is 1. The summed E-state index contributed by atoms with van der Waals surface area (Å²) in [6, 6.07) is 4.20. The van der Waals surface area contributed by atoms with Crippen molar-refractivity contribution in [3.63, 3.8) is 0 Å². The van der Waals surface area contributed by atoms with Crippen LogP contribution in [0.15, 0.2) is 22.7 Å². The fourth-order valence-electron chi connectivity index (χ4n) is 1.22. The van der Waals surface area contributed by atoms with E-state index in [0.717, 1.165) is 5.56 Å². The molecule has 3 N–H and O–H groups in total. The van der Waals surface area contributed by atoms with Gasteiger partial charge in [-0.1, -0.05) is 22.0 Å². The highest BCUT2D eigenvalue weighted by Gasteiger charge is 2.06. The predicted molar refractivity (Wildman–Crippen MR) is 71.5 cm³/mol. The first-order chi connectivity index (χ1) is 7.49. The molecule has 0 aliphatic carbocycles. The van der Waals surface area contributed by atoms with Crippen molar-refractivity contribution in [1.29, 1.82) is 0 Å². The molecule has 1 unspecified atom stereocenters. The van der Waals surface area contributed by atoms with Gasteiger partial charge in [-0.3, -0.25) is 4.79 Å². The first kappa shape index (κ1) is 16.4. The Balaban J connectivity index is 0.00000256. The lowest BCUT2D eigenvalue weighted by molar-refractivity contribution is -0.121. The minimum absolute atomic E-state index is 0. The van der Waals surface area contributed by atoms with Gasteiger partial charge in [0, 0.05) is 23.5 Å². The molecule has 0 saturated heterocycles. The van der Waals surface area contributed by atoms with E-state index in [1.165, 1.54) is 12.1 Å². The molecule has 0 fully saturated rings. The molecular formula is C11H15BrClFN2O. The molecule has 0 radical (unpaired) electrons. The van der Waals surface area contributed by atoms with E-state index in [1.54, 1.807) is 13.0 Å². The van der Waals surface area contributed by atoms with Crippen LogP contribution < -0.4 is 11.1 Å². The van der Waals surface area contributed by atoms with E-state index in [9.17, 15) is 9.18 Å². The molecule has 0 aliphatic heterocycles. The zero-order valence-corrected chi connectivity index (χ0v) is 11.8. The van der Waals surface area contributed by atoms with E-state index < -0.39 is 0 Å². The van der Waals surface area contributed by atoms with Gasteiger partial charge in [0.2, 0.25) is 5.91 Å². The summed E-state index contributed by atoms with van der Waals surface area (Å²) < 4.78 is 13.4. The standard InChI is InChI=1S/C11H14BrFN2O.ClH/c1-7(14)4-11(16)15-6-8-2-3-9(13)5-10(8)12;/h2-3,5,7H,4,6,14H2,1H3,(H,15,16);1H. The van der Waals surface area contributed by atoms with Crippen molar-refractivity contribution >= 4 is 34.2 Å². The number of hydrogen-bond acceptors (Lipinski definition) is 2. The first-order valence-electron chi connectivity index (χ1n) is 4.95. The zero-order valence-electron chi connectivity index (χ0n) is 9.37. The van der Waals surface area contributed by atoms with Crippen molar-refractivity contribution in [2.75, 3.05) is 0 Å². The van der Waals surface area contributed by atoms with Crippen molar-refractivity contribution in [3.8, 4) is 0 Å². The summed E-state index contributed by atoms with van der Waals surface area (Å²) in [6.45, 7) is 2.14. The van der Waals surface area contributed by atoms with Crippen LogP contribution in [-0.2, 0) is 11.3 Å². The second-order valence-electron chi connectivity index (χ2n) is 3.69. The summed E-state index contributed by atoms with van der Waals surface area (Å²) >= 11 is 3.23. The topological polar surface area (TPSA) is 55.1 Å². The van der Waals surface area contributed by atoms with Crippen molar-refractivity contribution in [1.82, 2.24) is 5.32 Å². The molecule has 0 saturated carbocycles. The molecular weight excluding hydrogens is 310 g/mol. The SMILES string of the molecule is CC(N)CC(=O)NCc1ccc(F)cc1Br.Cl. The minimum Gasteiger partial charge on any atom is -0.352 e. The van der Waals surface area contributed by atoms with Gasteiger partial charge in [-0.05, 0) is 24.6 Å². The number of rotatable bonds is 4. The number of halogens is 3. The van der Waals surface area contributed by atoms with Crippen LogP contribution in [0.2, 0.25) is 0 Å². The number of carbonyl (C=O) groups is 1. The van der Waals surface area contributed by atoms with E-state index in [-0.39, 0.29) is 30.2 Å². The fourth-order valence-corrected chi connectivity index (χ4v) is 1.71. The molecule has 1 atom stereocenters. The molecule has 1 rings (SSSR count). The molecule has 0 bridgehead atoms. The van der Waals surface area contributed by atoms with Gasteiger partial charge < -0.3 is 11.1 Å². The Kier molecular flexibility index (Phi) is 7.34. The van der Waals surface area contributed by atoms with Crippen LogP contribution in [0.3, 0.4) is 0 Å². The zero-order chi connectivity index (χ0) is 12.1. The molecule has 96 valence electrons. The molecule has 0 aliphatic rings. The van der Waals surface area contributed by atoms with Crippen LogP contribution in [-0.4, -0.2) is 11.9 Å². The van der Waals surface area contributed by atoms with Gasteiger partial charge in [0.25, 0.3) is 0 Å². The average Bonchev–Trinajstić information content (AvgIpc) is 2.15. The number of amides is 1.